The van der Waals surface area contributed by atoms with Crippen LogP contribution in [0.4, 0.5) is 18.9 Å². The molecular formula is C14H8F3NO4. The molecular weight excluding hydrogens is 303 g/mol. The predicted molar refractivity (Wildman–Crippen MR) is 70.0 cm³/mol. The summed E-state index contributed by atoms with van der Waals surface area (Å²) in [5.41, 5.74) is -1.36. The van der Waals surface area contributed by atoms with Gasteiger partial charge in [0.05, 0.1) is 16.1 Å². The molecule has 0 aliphatic rings. The van der Waals surface area contributed by atoms with Gasteiger partial charge < -0.3 is 4.74 Å². The molecule has 0 N–H and O–H groups in total. The topological polar surface area (TPSA) is 69.4 Å². The molecule has 0 aliphatic heterocycles. The van der Waals surface area contributed by atoms with Gasteiger partial charge in [0.1, 0.15) is 11.5 Å². The summed E-state index contributed by atoms with van der Waals surface area (Å²) in [6.45, 7) is 0. The normalized spacial score (nSPS) is 11.0. The molecule has 0 fully saturated rings. The Bertz CT molecular complexity index is 728. The van der Waals surface area contributed by atoms with Gasteiger partial charge in [-0.1, -0.05) is 6.07 Å². The highest BCUT2D eigenvalue weighted by Gasteiger charge is 2.30. The van der Waals surface area contributed by atoms with E-state index in [-0.39, 0.29) is 22.7 Å². The van der Waals surface area contributed by atoms with Crippen LogP contribution in [-0.4, -0.2) is 11.2 Å². The van der Waals surface area contributed by atoms with Gasteiger partial charge in [0.2, 0.25) is 0 Å². The Hall–Kier alpha value is -2.90. The molecule has 0 unspecified atom stereocenters. The summed E-state index contributed by atoms with van der Waals surface area (Å²) in [5.74, 6) is -0.202. The number of benzene rings is 2. The molecule has 0 heterocycles. The first kappa shape index (κ1) is 15.5. The van der Waals surface area contributed by atoms with Gasteiger partial charge in [0.25, 0.3) is 5.69 Å². The van der Waals surface area contributed by atoms with E-state index in [4.69, 9.17) is 4.74 Å². The number of carbonyl (C=O) groups excluding carboxylic acids is 1. The Morgan fingerprint density at radius 1 is 1.14 bits per heavy atom. The van der Waals surface area contributed by atoms with Crippen LogP contribution in [0.3, 0.4) is 0 Å². The van der Waals surface area contributed by atoms with Crippen LogP contribution in [0.1, 0.15) is 15.9 Å². The Morgan fingerprint density at radius 2 is 1.86 bits per heavy atom. The molecule has 0 aromatic heterocycles. The van der Waals surface area contributed by atoms with Crippen LogP contribution >= 0.6 is 0 Å². The van der Waals surface area contributed by atoms with Crippen molar-refractivity contribution in [2.45, 2.75) is 6.18 Å². The van der Waals surface area contributed by atoms with Crippen molar-refractivity contribution in [2.24, 2.45) is 0 Å². The van der Waals surface area contributed by atoms with Crippen LogP contribution in [0.5, 0.6) is 11.5 Å². The second-order valence-corrected chi connectivity index (χ2v) is 4.22. The van der Waals surface area contributed by atoms with Gasteiger partial charge in [-0.25, -0.2) is 0 Å². The molecule has 0 bridgehead atoms. The molecule has 2 rings (SSSR count). The van der Waals surface area contributed by atoms with Crippen LogP contribution in [0, 0.1) is 10.1 Å². The van der Waals surface area contributed by atoms with E-state index in [0.717, 1.165) is 36.4 Å². The molecule has 2 aromatic carbocycles. The predicted octanol–water partition coefficient (Wildman–Crippen LogP) is 4.22. The lowest BCUT2D eigenvalue weighted by Crippen LogP contribution is -2.04. The van der Waals surface area contributed by atoms with Crippen molar-refractivity contribution in [1.82, 2.24) is 0 Å². The van der Waals surface area contributed by atoms with Crippen molar-refractivity contribution in [2.75, 3.05) is 0 Å². The van der Waals surface area contributed by atoms with E-state index >= 15 is 0 Å². The Labute approximate surface area is 122 Å². The molecule has 0 saturated carbocycles. The summed E-state index contributed by atoms with van der Waals surface area (Å²) < 4.78 is 43.0. The number of halogens is 3. The standard InChI is InChI=1S/C14H8F3NO4/c15-14(16,17)10-2-1-3-12(7-10)22-13-5-4-11(18(20)21)6-9(13)8-19/h1-8H. The van der Waals surface area contributed by atoms with Crippen LogP contribution in [0.2, 0.25) is 0 Å². The molecule has 5 nitrogen and oxygen atoms in total. The Morgan fingerprint density at radius 3 is 2.45 bits per heavy atom. The fourth-order valence-electron chi connectivity index (χ4n) is 1.70. The lowest BCUT2D eigenvalue weighted by atomic mass is 10.2. The van der Waals surface area contributed by atoms with Crippen molar-refractivity contribution in [1.29, 1.82) is 0 Å². The zero-order valence-electron chi connectivity index (χ0n) is 10.8. The first-order chi connectivity index (χ1) is 10.3. The summed E-state index contributed by atoms with van der Waals surface area (Å²) in [5, 5.41) is 10.6. The molecule has 0 saturated heterocycles. The third kappa shape index (κ3) is 3.40. The number of hydrogen-bond acceptors (Lipinski definition) is 4. The molecule has 114 valence electrons. The lowest BCUT2D eigenvalue weighted by Gasteiger charge is -2.11. The summed E-state index contributed by atoms with van der Waals surface area (Å²) in [6.07, 6.45) is -4.20. The number of rotatable bonds is 4. The third-order valence-corrected chi connectivity index (χ3v) is 2.72. The fourth-order valence-corrected chi connectivity index (χ4v) is 1.70. The third-order valence-electron chi connectivity index (χ3n) is 2.72. The van der Waals surface area contributed by atoms with Crippen molar-refractivity contribution in [3.05, 3.63) is 63.7 Å². The number of aldehydes is 1. The second kappa shape index (κ2) is 5.84. The zero-order valence-corrected chi connectivity index (χ0v) is 10.8. The quantitative estimate of drug-likeness (QED) is 0.481. The first-order valence-electron chi connectivity index (χ1n) is 5.90. The van der Waals surface area contributed by atoms with E-state index in [1.54, 1.807) is 0 Å². The number of hydrogen-bond donors (Lipinski definition) is 0. The number of nitro benzene ring substituents is 1. The van der Waals surface area contributed by atoms with Gasteiger partial charge >= 0.3 is 6.18 Å². The van der Waals surface area contributed by atoms with E-state index in [0.29, 0.717) is 6.29 Å². The SMILES string of the molecule is O=Cc1cc([N+](=O)[O-])ccc1Oc1cccc(C(F)(F)F)c1. The summed E-state index contributed by atoms with van der Waals surface area (Å²) in [4.78, 5) is 20.9. The average molecular weight is 311 g/mol. The summed E-state index contributed by atoms with van der Waals surface area (Å²) in [7, 11) is 0. The van der Waals surface area contributed by atoms with Crippen LogP contribution in [-0.2, 0) is 6.18 Å². The van der Waals surface area contributed by atoms with Gasteiger partial charge in [0.15, 0.2) is 6.29 Å². The maximum absolute atomic E-state index is 12.6. The van der Waals surface area contributed by atoms with Gasteiger partial charge in [-0.3, -0.25) is 14.9 Å². The number of ether oxygens (including phenoxy) is 1. The molecule has 0 aliphatic carbocycles. The zero-order chi connectivity index (χ0) is 16.3. The maximum atomic E-state index is 12.6. The smallest absolute Gasteiger partial charge is 0.416 e. The monoisotopic (exact) mass is 311 g/mol. The average Bonchev–Trinajstić information content (AvgIpc) is 2.47. The Balaban J connectivity index is 2.35. The summed E-state index contributed by atoms with van der Waals surface area (Å²) in [6, 6.07) is 7.32. The second-order valence-electron chi connectivity index (χ2n) is 4.22. The van der Waals surface area contributed by atoms with Gasteiger partial charge in [-0.2, -0.15) is 13.2 Å². The number of nitrogens with zero attached hydrogens (tertiary/aromatic N) is 1. The van der Waals surface area contributed by atoms with E-state index in [9.17, 15) is 28.1 Å². The molecule has 0 amide bonds. The largest absolute Gasteiger partial charge is 0.457 e. The van der Waals surface area contributed by atoms with Crippen LogP contribution < -0.4 is 4.74 Å². The van der Waals surface area contributed by atoms with Gasteiger partial charge in [0, 0.05) is 12.1 Å². The van der Waals surface area contributed by atoms with Crippen molar-refractivity contribution < 1.29 is 27.6 Å². The lowest BCUT2D eigenvalue weighted by molar-refractivity contribution is -0.384. The van der Waals surface area contributed by atoms with Gasteiger partial charge in [-0.05, 0) is 24.3 Å². The van der Waals surface area contributed by atoms with Gasteiger partial charge in [-0.15, -0.1) is 0 Å². The number of non-ortho nitro benzene ring substituents is 1. The Kier molecular flexibility index (Phi) is 4.11. The molecule has 8 heteroatoms. The highest BCUT2D eigenvalue weighted by Crippen LogP contribution is 2.33. The minimum atomic E-state index is -4.53. The molecule has 22 heavy (non-hydrogen) atoms. The molecule has 0 radical (unpaired) electrons. The van der Waals surface area contributed by atoms with Crippen molar-refractivity contribution in [3.63, 3.8) is 0 Å². The summed E-state index contributed by atoms with van der Waals surface area (Å²) >= 11 is 0. The van der Waals surface area contributed by atoms with Crippen molar-refractivity contribution >= 4 is 12.0 Å². The minimum absolute atomic E-state index is 0.0695. The van der Waals surface area contributed by atoms with E-state index in [1.807, 2.05) is 0 Å². The van der Waals surface area contributed by atoms with Crippen LogP contribution in [0.15, 0.2) is 42.5 Å². The maximum Gasteiger partial charge on any atom is 0.416 e. The van der Waals surface area contributed by atoms with Crippen molar-refractivity contribution in [3.8, 4) is 11.5 Å². The van der Waals surface area contributed by atoms with E-state index in [1.165, 1.54) is 6.07 Å². The molecule has 0 spiro atoms. The number of nitro groups is 1. The van der Waals surface area contributed by atoms with Crippen LogP contribution in [0.25, 0.3) is 0 Å². The van der Waals surface area contributed by atoms with E-state index < -0.39 is 16.7 Å². The first-order valence-corrected chi connectivity index (χ1v) is 5.90. The van der Waals surface area contributed by atoms with E-state index in [2.05, 4.69) is 0 Å². The molecule has 0 atom stereocenters. The molecule has 2 aromatic rings. The number of alkyl halides is 3. The number of carbonyl (C=O) groups is 1. The fraction of sp³-hybridized carbons (Fsp3) is 0.0714. The minimum Gasteiger partial charge on any atom is -0.457 e. The highest BCUT2D eigenvalue weighted by atomic mass is 19.4. The highest BCUT2D eigenvalue weighted by molar-refractivity contribution is 5.80.